The van der Waals surface area contributed by atoms with E-state index in [2.05, 4.69) is 4.98 Å². The summed E-state index contributed by atoms with van der Waals surface area (Å²) in [6, 6.07) is 15.7. The lowest BCUT2D eigenvalue weighted by molar-refractivity contribution is -0.117. The number of hydrogen-bond acceptors (Lipinski definition) is 6. The van der Waals surface area contributed by atoms with E-state index in [-0.39, 0.29) is 4.90 Å². The molecular weight excluding hydrogens is 416 g/mol. The van der Waals surface area contributed by atoms with Crippen LogP contribution in [0.15, 0.2) is 65.7 Å². The van der Waals surface area contributed by atoms with Gasteiger partial charge in [-0.25, -0.2) is 23.1 Å². The molecule has 0 atom stereocenters. The largest absolute Gasteiger partial charge is 0.497 e. The Morgan fingerprint density at radius 1 is 0.968 bits per heavy atom. The number of aryl methyl sites for hydroxylation is 1. The van der Waals surface area contributed by atoms with Gasteiger partial charge in [-0.1, -0.05) is 12.1 Å². The molecule has 0 aliphatic carbocycles. The summed E-state index contributed by atoms with van der Waals surface area (Å²) < 4.78 is 33.6. The van der Waals surface area contributed by atoms with Crippen LogP contribution >= 0.6 is 0 Å². The number of carbonyl (C=O) groups excluding carboxylic acids is 1. The minimum atomic E-state index is -3.91. The summed E-state index contributed by atoms with van der Waals surface area (Å²) in [5.74, 6) is 0.625. The van der Waals surface area contributed by atoms with Crippen molar-refractivity contribution >= 4 is 21.7 Å². The Morgan fingerprint density at radius 2 is 1.61 bits per heavy atom. The minimum absolute atomic E-state index is 0.000220. The van der Waals surface area contributed by atoms with E-state index in [0.29, 0.717) is 11.5 Å². The van der Waals surface area contributed by atoms with Crippen LogP contribution in [0.1, 0.15) is 12.6 Å². The predicted molar refractivity (Wildman–Crippen MR) is 116 cm³/mol. The monoisotopic (exact) mass is 436 g/mol. The molecule has 0 aliphatic heterocycles. The Morgan fingerprint density at radius 3 is 2.23 bits per heavy atom. The molecule has 2 aromatic heterocycles. The Balaban J connectivity index is 1.87. The van der Waals surface area contributed by atoms with Crippen LogP contribution in [0.4, 0.5) is 0 Å². The number of methoxy groups -OCH3 is 1. The van der Waals surface area contributed by atoms with E-state index in [1.807, 2.05) is 52.6 Å². The molecule has 0 fully saturated rings. The SMILES string of the molecule is COc1ccc(-c2nc3nc(C)ccn3c2-c2ccc(S(=O)(=O)NC(C)=O)cc2)cc1. The van der Waals surface area contributed by atoms with E-state index >= 15 is 0 Å². The van der Waals surface area contributed by atoms with E-state index < -0.39 is 15.9 Å². The zero-order chi connectivity index (χ0) is 22.2. The van der Waals surface area contributed by atoms with E-state index in [9.17, 15) is 13.2 Å². The number of amides is 1. The standard InChI is InChI=1S/C22H20N4O4S/c1-14-12-13-26-21(17-6-10-19(11-7-17)31(28,29)25-15(2)27)20(24-22(26)23-14)16-4-8-18(30-3)9-5-16/h4-13H,1-3H3,(H,25,27). The van der Waals surface area contributed by atoms with Crippen LogP contribution in [0, 0.1) is 6.92 Å². The maximum absolute atomic E-state index is 12.3. The molecule has 0 saturated carbocycles. The first kappa shape index (κ1) is 20.5. The molecule has 2 aromatic carbocycles. The quantitative estimate of drug-likeness (QED) is 0.515. The second-order valence-electron chi connectivity index (χ2n) is 6.96. The van der Waals surface area contributed by atoms with Crippen molar-refractivity contribution in [3.05, 3.63) is 66.5 Å². The maximum Gasteiger partial charge on any atom is 0.264 e. The first-order valence-electron chi connectivity index (χ1n) is 9.42. The number of hydrogen-bond donors (Lipinski definition) is 1. The first-order valence-corrected chi connectivity index (χ1v) is 10.9. The van der Waals surface area contributed by atoms with Gasteiger partial charge in [-0.2, -0.15) is 0 Å². The topological polar surface area (TPSA) is 103 Å². The van der Waals surface area contributed by atoms with E-state index in [4.69, 9.17) is 9.72 Å². The summed E-state index contributed by atoms with van der Waals surface area (Å²) in [5, 5.41) is 0. The summed E-state index contributed by atoms with van der Waals surface area (Å²) in [6.07, 6.45) is 1.88. The molecule has 2 heterocycles. The van der Waals surface area contributed by atoms with Gasteiger partial charge in [0.2, 0.25) is 11.7 Å². The maximum atomic E-state index is 12.3. The van der Waals surface area contributed by atoms with E-state index in [1.54, 1.807) is 19.2 Å². The van der Waals surface area contributed by atoms with Gasteiger partial charge >= 0.3 is 0 Å². The van der Waals surface area contributed by atoms with Crippen molar-refractivity contribution in [2.24, 2.45) is 0 Å². The highest BCUT2D eigenvalue weighted by Gasteiger charge is 2.19. The lowest BCUT2D eigenvalue weighted by Gasteiger charge is -2.09. The lowest BCUT2D eigenvalue weighted by atomic mass is 10.0. The summed E-state index contributed by atoms with van der Waals surface area (Å²) in [7, 11) is -2.31. The molecule has 1 amide bonds. The third-order valence-electron chi connectivity index (χ3n) is 4.71. The Kier molecular flexibility index (Phi) is 5.20. The van der Waals surface area contributed by atoms with Crippen LogP contribution in [-0.2, 0) is 14.8 Å². The Labute approximate surface area is 179 Å². The van der Waals surface area contributed by atoms with Gasteiger partial charge in [-0.15, -0.1) is 0 Å². The smallest absolute Gasteiger partial charge is 0.264 e. The number of nitrogens with one attached hydrogen (secondary N) is 1. The highest BCUT2D eigenvalue weighted by atomic mass is 32.2. The average Bonchev–Trinajstić information content (AvgIpc) is 3.11. The Bertz CT molecular complexity index is 1380. The zero-order valence-corrected chi connectivity index (χ0v) is 18.0. The van der Waals surface area contributed by atoms with Gasteiger partial charge < -0.3 is 4.74 Å². The minimum Gasteiger partial charge on any atom is -0.497 e. The molecule has 8 nitrogen and oxygen atoms in total. The number of rotatable bonds is 5. The van der Waals surface area contributed by atoms with Gasteiger partial charge in [-0.05, 0) is 49.4 Å². The van der Waals surface area contributed by atoms with Gasteiger partial charge in [0.15, 0.2) is 0 Å². The molecule has 158 valence electrons. The van der Waals surface area contributed by atoms with Crippen molar-refractivity contribution < 1.29 is 17.9 Å². The highest BCUT2D eigenvalue weighted by Crippen LogP contribution is 2.33. The van der Waals surface area contributed by atoms with Gasteiger partial charge in [-0.3, -0.25) is 9.20 Å². The second kappa shape index (κ2) is 7.84. The van der Waals surface area contributed by atoms with Gasteiger partial charge in [0.05, 0.1) is 23.4 Å². The predicted octanol–water partition coefficient (Wildman–Crippen LogP) is 3.21. The molecular formula is C22H20N4O4S. The summed E-state index contributed by atoms with van der Waals surface area (Å²) in [5.41, 5.74) is 3.94. The summed E-state index contributed by atoms with van der Waals surface area (Å²) >= 11 is 0. The normalized spacial score (nSPS) is 11.5. The van der Waals surface area contributed by atoms with Crippen molar-refractivity contribution in [3.63, 3.8) is 0 Å². The summed E-state index contributed by atoms with van der Waals surface area (Å²) in [4.78, 5) is 20.4. The van der Waals surface area contributed by atoms with Crippen molar-refractivity contribution in [1.82, 2.24) is 19.1 Å². The molecule has 1 N–H and O–H groups in total. The number of sulfonamides is 1. The molecule has 0 radical (unpaired) electrons. The van der Waals surface area contributed by atoms with Crippen LogP contribution in [0.3, 0.4) is 0 Å². The molecule has 4 aromatic rings. The first-order chi connectivity index (χ1) is 14.8. The molecule has 0 unspecified atom stereocenters. The molecule has 0 bridgehead atoms. The van der Waals surface area contributed by atoms with Gasteiger partial charge in [0.1, 0.15) is 5.75 Å². The zero-order valence-electron chi connectivity index (χ0n) is 17.2. The number of ether oxygens (including phenoxy) is 1. The third-order valence-corrected chi connectivity index (χ3v) is 6.16. The van der Waals surface area contributed by atoms with Crippen LogP contribution in [0.2, 0.25) is 0 Å². The number of carbonyl (C=O) groups is 1. The Hall–Kier alpha value is -3.72. The molecule has 0 spiro atoms. The number of nitrogens with zero attached hydrogens (tertiary/aromatic N) is 3. The number of aromatic nitrogens is 3. The summed E-state index contributed by atoms with van der Waals surface area (Å²) in [6.45, 7) is 3.05. The third kappa shape index (κ3) is 3.99. The van der Waals surface area contributed by atoms with Crippen LogP contribution < -0.4 is 9.46 Å². The molecule has 31 heavy (non-hydrogen) atoms. The van der Waals surface area contributed by atoms with Crippen molar-refractivity contribution in [1.29, 1.82) is 0 Å². The van der Waals surface area contributed by atoms with E-state index in [0.717, 1.165) is 35.2 Å². The fraction of sp³-hybridized carbons (Fsp3) is 0.136. The lowest BCUT2D eigenvalue weighted by Crippen LogP contribution is -2.28. The highest BCUT2D eigenvalue weighted by molar-refractivity contribution is 7.90. The number of benzene rings is 2. The van der Waals surface area contributed by atoms with Crippen molar-refractivity contribution in [2.45, 2.75) is 18.7 Å². The van der Waals surface area contributed by atoms with Gasteiger partial charge in [0.25, 0.3) is 10.0 Å². The molecule has 4 rings (SSSR count). The fourth-order valence-corrected chi connectivity index (χ4v) is 4.28. The van der Waals surface area contributed by atoms with Gasteiger partial charge in [0, 0.05) is 29.9 Å². The average molecular weight is 436 g/mol. The van der Waals surface area contributed by atoms with Crippen LogP contribution in [-0.4, -0.2) is 35.8 Å². The van der Waals surface area contributed by atoms with E-state index in [1.165, 1.54) is 12.1 Å². The fourth-order valence-electron chi connectivity index (χ4n) is 3.28. The van der Waals surface area contributed by atoms with Crippen LogP contribution in [0.25, 0.3) is 28.3 Å². The molecule has 0 saturated heterocycles. The van der Waals surface area contributed by atoms with Crippen LogP contribution in [0.5, 0.6) is 5.75 Å². The van der Waals surface area contributed by atoms with Crippen molar-refractivity contribution in [3.8, 4) is 28.3 Å². The molecule has 9 heteroatoms. The van der Waals surface area contributed by atoms with Crippen molar-refractivity contribution in [2.75, 3.05) is 7.11 Å². The number of imidazole rings is 1. The number of fused-ring (bicyclic) bond motifs is 1. The molecule has 0 aliphatic rings. The second-order valence-corrected chi connectivity index (χ2v) is 8.64.